The summed E-state index contributed by atoms with van der Waals surface area (Å²) in [5.74, 6) is -2.20. The zero-order valence-corrected chi connectivity index (χ0v) is 21.3. The molecule has 7 nitrogen and oxygen atoms in total. The molecule has 0 aromatic heterocycles. The molecule has 0 rings (SSSR count). The van der Waals surface area contributed by atoms with Gasteiger partial charge in [0.2, 0.25) is 5.91 Å². The largest absolute Gasteiger partial charge is 0.481 e. The summed E-state index contributed by atoms with van der Waals surface area (Å²) in [4.78, 5) is 45.3. The summed E-state index contributed by atoms with van der Waals surface area (Å²) in [6, 6.07) is -1.02. The topological polar surface area (TPSA) is 121 Å². The summed E-state index contributed by atoms with van der Waals surface area (Å²) in [5, 5.41) is 19.9. The maximum atomic E-state index is 12.0. The average Bonchev–Trinajstić information content (AvgIpc) is 2.75. The molecule has 1 amide bonds. The van der Waals surface area contributed by atoms with E-state index in [1.807, 2.05) is 0 Å². The van der Waals surface area contributed by atoms with Gasteiger partial charge in [-0.1, -0.05) is 77.0 Å². The molecule has 0 aliphatic carbocycles. The fourth-order valence-corrected chi connectivity index (χ4v) is 3.83. The third-order valence-electron chi connectivity index (χ3n) is 5.82. The van der Waals surface area contributed by atoms with Gasteiger partial charge < -0.3 is 15.5 Å². The molecule has 0 aliphatic heterocycles. The van der Waals surface area contributed by atoms with E-state index in [0.717, 1.165) is 44.9 Å². The lowest BCUT2D eigenvalue weighted by Gasteiger charge is -2.14. The van der Waals surface area contributed by atoms with Crippen LogP contribution in [0.5, 0.6) is 0 Å². The van der Waals surface area contributed by atoms with E-state index >= 15 is 0 Å². The van der Waals surface area contributed by atoms with Gasteiger partial charge >= 0.3 is 11.9 Å². The number of nitrogens with one attached hydrogen (secondary N) is 1. The first-order valence-electron chi connectivity index (χ1n) is 12.7. The second-order valence-corrected chi connectivity index (χ2v) is 9.76. The van der Waals surface area contributed by atoms with Gasteiger partial charge in [-0.2, -0.15) is 12.6 Å². The van der Waals surface area contributed by atoms with Crippen LogP contribution >= 0.6 is 12.6 Å². The van der Waals surface area contributed by atoms with Gasteiger partial charge in [-0.15, -0.1) is 0 Å². The molecule has 8 heteroatoms. The van der Waals surface area contributed by atoms with E-state index in [-0.39, 0.29) is 31.0 Å². The minimum atomic E-state index is -1.11. The highest BCUT2D eigenvalue weighted by Crippen LogP contribution is 2.14. The Hall–Kier alpha value is -1.57. The molecule has 33 heavy (non-hydrogen) atoms. The van der Waals surface area contributed by atoms with Crippen molar-refractivity contribution in [2.45, 2.75) is 134 Å². The Morgan fingerprint density at radius 2 is 1.06 bits per heavy atom. The summed E-state index contributed by atoms with van der Waals surface area (Å²) in [6.45, 7) is 1.65. The Balaban J connectivity index is 3.54. The standard InChI is InChI=1S/C25H45NO6S/c1-20(33)22(27)19-18-21(25(31)32)26-23(28)16-14-12-10-8-6-4-2-3-5-7-9-11-13-15-17-24(29)30/h20-21,33H,2-19H2,1H3,(H,26,28)(H,29,30)(H,31,32)/t20?,21-/m0/s1. The van der Waals surface area contributed by atoms with Crippen LogP contribution in [-0.2, 0) is 19.2 Å². The van der Waals surface area contributed by atoms with Gasteiger partial charge in [0, 0.05) is 19.3 Å². The highest BCUT2D eigenvalue weighted by molar-refractivity contribution is 7.81. The first-order chi connectivity index (χ1) is 15.7. The van der Waals surface area contributed by atoms with Crippen molar-refractivity contribution < 1.29 is 29.4 Å². The van der Waals surface area contributed by atoms with Gasteiger partial charge in [0.1, 0.15) is 11.8 Å². The lowest BCUT2D eigenvalue weighted by Crippen LogP contribution is -2.41. The van der Waals surface area contributed by atoms with E-state index in [4.69, 9.17) is 5.11 Å². The predicted octanol–water partition coefficient (Wildman–Crippen LogP) is 5.55. The van der Waals surface area contributed by atoms with Crippen LogP contribution in [0.4, 0.5) is 0 Å². The average molecular weight is 488 g/mol. The number of Topliss-reactive ketones (excluding diaryl/α,β-unsaturated/α-hetero) is 1. The maximum absolute atomic E-state index is 12.0. The molecule has 0 bridgehead atoms. The van der Waals surface area contributed by atoms with E-state index in [2.05, 4.69) is 17.9 Å². The van der Waals surface area contributed by atoms with Crippen LogP contribution < -0.4 is 5.32 Å². The van der Waals surface area contributed by atoms with Gasteiger partial charge in [-0.05, 0) is 26.2 Å². The molecule has 0 saturated carbocycles. The molecule has 0 aromatic carbocycles. The van der Waals surface area contributed by atoms with Crippen LogP contribution in [0.1, 0.15) is 122 Å². The van der Waals surface area contributed by atoms with Gasteiger partial charge in [0.15, 0.2) is 0 Å². The Bertz CT molecular complexity index is 567. The molecule has 0 spiro atoms. The quantitative estimate of drug-likeness (QED) is 0.111. The summed E-state index contributed by atoms with van der Waals surface area (Å²) in [7, 11) is 0. The number of carbonyl (C=O) groups is 4. The Kier molecular flexibility index (Phi) is 20.0. The summed E-state index contributed by atoms with van der Waals surface area (Å²) < 4.78 is 0. The number of carboxylic acid groups (broad SMARTS) is 2. The van der Waals surface area contributed by atoms with E-state index in [9.17, 15) is 24.3 Å². The van der Waals surface area contributed by atoms with Crippen molar-refractivity contribution >= 4 is 36.3 Å². The predicted molar refractivity (Wildman–Crippen MR) is 134 cm³/mol. The number of hydrogen-bond donors (Lipinski definition) is 4. The molecule has 0 saturated heterocycles. The molecule has 0 aromatic rings. The molecule has 0 aliphatic rings. The zero-order valence-electron chi connectivity index (χ0n) is 20.4. The third-order valence-corrected chi connectivity index (χ3v) is 6.11. The molecule has 0 fully saturated rings. The Morgan fingerprint density at radius 1 is 0.667 bits per heavy atom. The highest BCUT2D eigenvalue weighted by atomic mass is 32.1. The van der Waals surface area contributed by atoms with Crippen LogP contribution in [-0.4, -0.2) is 45.1 Å². The van der Waals surface area contributed by atoms with Crippen molar-refractivity contribution in [2.24, 2.45) is 0 Å². The van der Waals surface area contributed by atoms with Crippen molar-refractivity contribution in [3.63, 3.8) is 0 Å². The molecule has 0 heterocycles. The minimum absolute atomic E-state index is 0.0938. The molecule has 1 unspecified atom stereocenters. The molecular formula is C25H45NO6S. The van der Waals surface area contributed by atoms with Crippen molar-refractivity contribution in [3.8, 4) is 0 Å². The van der Waals surface area contributed by atoms with Crippen molar-refractivity contribution in [3.05, 3.63) is 0 Å². The van der Waals surface area contributed by atoms with Crippen LogP contribution in [0.3, 0.4) is 0 Å². The first kappa shape index (κ1) is 31.4. The van der Waals surface area contributed by atoms with E-state index in [1.54, 1.807) is 6.92 Å². The van der Waals surface area contributed by atoms with Gasteiger partial charge in [0.25, 0.3) is 0 Å². The van der Waals surface area contributed by atoms with E-state index in [0.29, 0.717) is 6.42 Å². The Morgan fingerprint density at radius 3 is 1.42 bits per heavy atom. The Labute approximate surface area is 204 Å². The molecule has 3 N–H and O–H groups in total. The minimum Gasteiger partial charge on any atom is -0.481 e. The SMILES string of the molecule is CC(S)C(=O)CC[C@H](NC(=O)CCCCCCCCCCCCCCCCC(=O)O)C(=O)O. The molecule has 2 atom stereocenters. The van der Waals surface area contributed by atoms with Gasteiger partial charge in [0.05, 0.1) is 5.25 Å². The molecular weight excluding hydrogens is 442 g/mol. The lowest BCUT2D eigenvalue weighted by molar-refractivity contribution is -0.142. The number of ketones is 1. The lowest BCUT2D eigenvalue weighted by atomic mass is 10.0. The maximum Gasteiger partial charge on any atom is 0.326 e. The van der Waals surface area contributed by atoms with Crippen molar-refractivity contribution in [1.82, 2.24) is 5.32 Å². The van der Waals surface area contributed by atoms with Crippen molar-refractivity contribution in [1.29, 1.82) is 0 Å². The highest BCUT2D eigenvalue weighted by Gasteiger charge is 2.21. The number of aliphatic carboxylic acids is 2. The van der Waals surface area contributed by atoms with Crippen LogP contribution in [0.25, 0.3) is 0 Å². The van der Waals surface area contributed by atoms with Gasteiger partial charge in [-0.3, -0.25) is 14.4 Å². The molecule has 192 valence electrons. The molecule has 0 radical (unpaired) electrons. The number of carboxylic acids is 2. The van der Waals surface area contributed by atoms with E-state index in [1.165, 1.54) is 44.9 Å². The summed E-state index contributed by atoms with van der Waals surface area (Å²) >= 11 is 4.04. The fourth-order valence-electron chi connectivity index (χ4n) is 3.70. The normalized spacial score (nSPS) is 12.8. The van der Waals surface area contributed by atoms with Crippen LogP contribution in [0.2, 0.25) is 0 Å². The number of hydrogen-bond acceptors (Lipinski definition) is 5. The first-order valence-corrected chi connectivity index (χ1v) is 13.2. The van der Waals surface area contributed by atoms with Crippen LogP contribution in [0.15, 0.2) is 0 Å². The number of rotatable bonds is 23. The van der Waals surface area contributed by atoms with Crippen molar-refractivity contribution in [2.75, 3.05) is 0 Å². The summed E-state index contributed by atoms with van der Waals surface area (Å²) in [5.41, 5.74) is 0. The smallest absolute Gasteiger partial charge is 0.326 e. The zero-order chi connectivity index (χ0) is 24.9. The fraction of sp³-hybridized carbons (Fsp3) is 0.840. The second-order valence-electron chi connectivity index (χ2n) is 8.98. The van der Waals surface area contributed by atoms with Gasteiger partial charge in [-0.25, -0.2) is 4.79 Å². The number of unbranched alkanes of at least 4 members (excludes halogenated alkanes) is 13. The van der Waals surface area contributed by atoms with E-state index < -0.39 is 23.2 Å². The van der Waals surface area contributed by atoms with Crippen LogP contribution in [0, 0.1) is 0 Å². The number of thiol groups is 1. The number of amides is 1. The monoisotopic (exact) mass is 487 g/mol. The second kappa shape index (κ2) is 21.0. The number of carbonyl (C=O) groups excluding carboxylic acids is 2. The summed E-state index contributed by atoms with van der Waals surface area (Å²) in [6.07, 6.45) is 16.4. The third kappa shape index (κ3) is 20.7.